The van der Waals surface area contributed by atoms with Gasteiger partial charge in [0, 0.05) is 12.0 Å². The van der Waals surface area contributed by atoms with E-state index in [1.54, 1.807) is 7.11 Å². The summed E-state index contributed by atoms with van der Waals surface area (Å²) in [6, 6.07) is 14.0. The van der Waals surface area contributed by atoms with Gasteiger partial charge in [-0.05, 0) is 37.5 Å². The lowest BCUT2D eigenvalue weighted by Crippen LogP contribution is -2.26. The maximum absolute atomic E-state index is 10.5. The minimum Gasteiger partial charge on any atom is -0.496 e. The zero-order chi connectivity index (χ0) is 16.9. The van der Waals surface area contributed by atoms with Crippen LogP contribution >= 0.6 is 0 Å². The van der Waals surface area contributed by atoms with E-state index < -0.39 is 5.60 Å². The van der Waals surface area contributed by atoms with E-state index in [1.165, 1.54) is 0 Å². The summed E-state index contributed by atoms with van der Waals surface area (Å²) < 4.78 is 11.6. The highest BCUT2D eigenvalue weighted by molar-refractivity contribution is 5.50. The number of aryl methyl sites for hydroxylation is 1. The van der Waals surface area contributed by atoms with Gasteiger partial charge in [-0.3, -0.25) is 0 Å². The van der Waals surface area contributed by atoms with Crippen LogP contribution in [-0.4, -0.2) is 17.8 Å². The minimum atomic E-state index is -0.786. The van der Waals surface area contributed by atoms with Crippen molar-refractivity contribution < 1.29 is 14.6 Å². The molecular formula is C20H26O3. The van der Waals surface area contributed by atoms with Crippen molar-refractivity contribution in [3.63, 3.8) is 0 Å². The van der Waals surface area contributed by atoms with E-state index in [-0.39, 0.29) is 0 Å². The SMILES string of the molecule is CCC(C)(O)Cc1c(OC)ccc(C)c1OCc1ccccc1. The van der Waals surface area contributed by atoms with Crippen LogP contribution in [0.4, 0.5) is 0 Å². The van der Waals surface area contributed by atoms with Crippen LogP contribution in [0.15, 0.2) is 42.5 Å². The molecule has 2 aromatic carbocycles. The summed E-state index contributed by atoms with van der Waals surface area (Å²) in [4.78, 5) is 0. The van der Waals surface area contributed by atoms with Gasteiger partial charge in [-0.1, -0.05) is 43.3 Å². The third-order valence-corrected chi connectivity index (χ3v) is 4.18. The van der Waals surface area contributed by atoms with E-state index >= 15 is 0 Å². The van der Waals surface area contributed by atoms with Crippen LogP contribution in [0.3, 0.4) is 0 Å². The highest BCUT2D eigenvalue weighted by Crippen LogP contribution is 2.36. The lowest BCUT2D eigenvalue weighted by Gasteiger charge is -2.25. The van der Waals surface area contributed by atoms with Crippen molar-refractivity contribution in [2.45, 2.75) is 45.8 Å². The standard InChI is InChI=1S/C20H26O3/c1-5-20(3,21)13-17-18(22-4)12-11-15(2)19(17)23-14-16-9-7-6-8-10-16/h6-12,21H,5,13-14H2,1-4H3. The molecule has 3 nitrogen and oxygen atoms in total. The van der Waals surface area contributed by atoms with Crippen LogP contribution in [0.2, 0.25) is 0 Å². The Morgan fingerprint density at radius 2 is 1.78 bits per heavy atom. The Kier molecular flexibility index (Phi) is 5.67. The van der Waals surface area contributed by atoms with Crippen molar-refractivity contribution in [1.82, 2.24) is 0 Å². The molecule has 0 aliphatic rings. The van der Waals surface area contributed by atoms with Gasteiger partial charge in [-0.15, -0.1) is 0 Å². The number of hydrogen-bond acceptors (Lipinski definition) is 3. The van der Waals surface area contributed by atoms with Crippen molar-refractivity contribution in [2.24, 2.45) is 0 Å². The van der Waals surface area contributed by atoms with Crippen LogP contribution in [-0.2, 0) is 13.0 Å². The maximum atomic E-state index is 10.5. The largest absolute Gasteiger partial charge is 0.496 e. The second kappa shape index (κ2) is 7.51. The first kappa shape index (κ1) is 17.4. The molecule has 0 aromatic heterocycles. The Balaban J connectivity index is 2.32. The van der Waals surface area contributed by atoms with Crippen LogP contribution in [0, 0.1) is 6.92 Å². The second-order valence-corrected chi connectivity index (χ2v) is 6.19. The molecule has 3 heteroatoms. The second-order valence-electron chi connectivity index (χ2n) is 6.19. The van der Waals surface area contributed by atoms with Crippen molar-refractivity contribution >= 4 is 0 Å². The fourth-order valence-electron chi connectivity index (χ4n) is 2.52. The van der Waals surface area contributed by atoms with E-state index in [2.05, 4.69) is 0 Å². The monoisotopic (exact) mass is 314 g/mol. The molecular weight excluding hydrogens is 288 g/mol. The van der Waals surface area contributed by atoms with E-state index in [1.807, 2.05) is 63.2 Å². The number of hydrogen-bond donors (Lipinski definition) is 1. The van der Waals surface area contributed by atoms with E-state index in [9.17, 15) is 5.11 Å². The van der Waals surface area contributed by atoms with Crippen LogP contribution < -0.4 is 9.47 Å². The predicted octanol–water partition coefficient (Wildman–Crippen LogP) is 4.29. The number of rotatable bonds is 7. The van der Waals surface area contributed by atoms with Gasteiger partial charge in [0.15, 0.2) is 0 Å². The van der Waals surface area contributed by atoms with Gasteiger partial charge in [-0.2, -0.15) is 0 Å². The average molecular weight is 314 g/mol. The first-order chi connectivity index (χ1) is 11.0. The summed E-state index contributed by atoms with van der Waals surface area (Å²) >= 11 is 0. The fourth-order valence-corrected chi connectivity index (χ4v) is 2.52. The Bertz CT molecular complexity index is 633. The van der Waals surface area contributed by atoms with Gasteiger partial charge in [0.25, 0.3) is 0 Å². The van der Waals surface area contributed by atoms with Gasteiger partial charge >= 0.3 is 0 Å². The van der Waals surface area contributed by atoms with Gasteiger partial charge in [-0.25, -0.2) is 0 Å². The van der Waals surface area contributed by atoms with Crippen LogP contribution in [0.25, 0.3) is 0 Å². The molecule has 2 aromatic rings. The maximum Gasteiger partial charge on any atom is 0.129 e. The molecule has 1 atom stereocenters. The Morgan fingerprint density at radius 3 is 2.39 bits per heavy atom. The summed E-state index contributed by atoms with van der Waals surface area (Å²) in [6.45, 7) is 6.34. The molecule has 0 bridgehead atoms. The molecule has 0 fully saturated rings. The van der Waals surface area contributed by atoms with E-state index in [0.29, 0.717) is 19.4 Å². The zero-order valence-corrected chi connectivity index (χ0v) is 14.4. The molecule has 0 amide bonds. The minimum absolute atomic E-state index is 0.496. The topological polar surface area (TPSA) is 38.7 Å². The summed E-state index contributed by atoms with van der Waals surface area (Å²) in [6.07, 6.45) is 1.17. The Hall–Kier alpha value is -2.00. The van der Waals surface area contributed by atoms with Crippen molar-refractivity contribution in [3.05, 3.63) is 59.2 Å². The molecule has 0 heterocycles. The van der Waals surface area contributed by atoms with Crippen molar-refractivity contribution in [3.8, 4) is 11.5 Å². The summed E-state index contributed by atoms with van der Waals surface area (Å²) in [7, 11) is 1.65. The quantitative estimate of drug-likeness (QED) is 0.828. The number of aliphatic hydroxyl groups is 1. The molecule has 124 valence electrons. The molecule has 0 saturated carbocycles. The summed E-state index contributed by atoms with van der Waals surface area (Å²) in [5.74, 6) is 1.56. The third kappa shape index (κ3) is 4.49. The first-order valence-corrected chi connectivity index (χ1v) is 8.02. The molecule has 0 aliphatic carbocycles. The number of methoxy groups -OCH3 is 1. The Labute approximate surface area is 138 Å². The highest BCUT2D eigenvalue weighted by Gasteiger charge is 2.24. The normalized spacial score (nSPS) is 13.4. The third-order valence-electron chi connectivity index (χ3n) is 4.18. The Morgan fingerprint density at radius 1 is 1.09 bits per heavy atom. The van der Waals surface area contributed by atoms with Crippen LogP contribution in [0.5, 0.6) is 11.5 Å². The van der Waals surface area contributed by atoms with Gasteiger partial charge in [0.2, 0.25) is 0 Å². The van der Waals surface area contributed by atoms with E-state index in [0.717, 1.165) is 28.2 Å². The zero-order valence-electron chi connectivity index (χ0n) is 14.4. The average Bonchev–Trinajstić information content (AvgIpc) is 2.55. The summed E-state index contributed by atoms with van der Waals surface area (Å²) in [5.41, 5.74) is 2.30. The molecule has 0 spiro atoms. The molecule has 0 saturated heterocycles. The van der Waals surface area contributed by atoms with E-state index in [4.69, 9.17) is 9.47 Å². The molecule has 1 unspecified atom stereocenters. The number of ether oxygens (including phenoxy) is 2. The van der Waals surface area contributed by atoms with Crippen molar-refractivity contribution in [2.75, 3.05) is 7.11 Å². The summed E-state index contributed by atoms with van der Waals surface area (Å²) in [5, 5.41) is 10.5. The molecule has 0 radical (unpaired) electrons. The van der Waals surface area contributed by atoms with Crippen molar-refractivity contribution in [1.29, 1.82) is 0 Å². The molecule has 0 aliphatic heterocycles. The molecule has 1 N–H and O–H groups in total. The lowest BCUT2D eigenvalue weighted by molar-refractivity contribution is 0.0549. The number of benzene rings is 2. The molecule has 2 rings (SSSR count). The first-order valence-electron chi connectivity index (χ1n) is 8.02. The smallest absolute Gasteiger partial charge is 0.129 e. The van der Waals surface area contributed by atoms with Crippen LogP contribution in [0.1, 0.15) is 37.0 Å². The molecule has 23 heavy (non-hydrogen) atoms. The van der Waals surface area contributed by atoms with Gasteiger partial charge < -0.3 is 14.6 Å². The van der Waals surface area contributed by atoms with Gasteiger partial charge in [0.05, 0.1) is 12.7 Å². The fraction of sp³-hybridized carbons (Fsp3) is 0.400. The lowest BCUT2D eigenvalue weighted by atomic mass is 9.92. The highest BCUT2D eigenvalue weighted by atomic mass is 16.5. The predicted molar refractivity (Wildman–Crippen MR) is 93.1 cm³/mol. The van der Waals surface area contributed by atoms with Gasteiger partial charge in [0.1, 0.15) is 18.1 Å².